The second kappa shape index (κ2) is 8.33. The van der Waals surface area contributed by atoms with E-state index in [4.69, 9.17) is 4.74 Å². The van der Waals surface area contributed by atoms with E-state index in [1.54, 1.807) is 4.90 Å². The lowest BCUT2D eigenvalue weighted by Crippen LogP contribution is -2.39. The van der Waals surface area contributed by atoms with Crippen molar-refractivity contribution in [3.63, 3.8) is 0 Å². The first-order chi connectivity index (χ1) is 11.8. The fraction of sp³-hybridized carbons (Fsp3) is 0.529. The van der Waals surface area contributed by atoms with Crippen LogP contribution in [0.2, 0.25) is 0 Å². The zero-order valence-electron chi connectivity index (χ0n) is 14.0. The van der Waals surface area contributed by atoms with Gasteiger partial charge in [0.2, 0.25) is 11.8 Å². The molecule has 5 nitrogen and oxygen atoms in total. The van der Waals surface area contributed by atoms with Gasteiger partial charge in [0.1, 0.15) is 6.61 Å². The Bertz CT molecular complexity index is 619. The highest BCUT2D eigenvalue weighted by Gasteiger charge is 2.33. The van der Waals surface area contributed by atoms with E-state index in [1.807, 2.05) is 0 Å². The third-order valence-electron chi connectivity index (χ3n) is 4.13. The van der Waals surface area contributed by atoms with Gasteiger partial charge in [-0.05, 0) is 18.1 Å². The summed E-state index contributed by atoms with van der Waals surface area (Å²) < 4.78 is 43.9. The summed E-state index contributed by atoms with van der Waals surface area (Å²) in [5.74, 6) is -0.517. The Morgan fingerprint density at radius 3 is 2.24 bits per heavy atom. The van der Waals surface area contributed by atoms with Crippen LogP contribution in [0, 0.1) is 0 Å². The fourth-order valence-electron chi connectivity index (χ4n) is 2.86. The molecule has 1 fully saturated rings. The number of halogens is 3. The van der Waals surface area contributed by atoms with Crippen LogP contribution < -0.4 is 0 Å². The second-order valence-electron chi connectivity index (χ2n) is 5.88. The van der Waals surface area contributed by atoms with Crippen LogP contribution in [-0.4, -0.2) is 61.5 Å². The van der Waals surface area contributed by atoms with Gasteiger partial charge in [0, 0.05) is 33.3 Å². The van der Waals surface area contributed by atoms with Crippen molar-refractivity contribution in [1.29, 1.82) is 0 Å². The second-order valence-corrected chi connectivity index (χ2v) is 5.88. The third-order valence-corrected chi connectivity index (χ3v) is 4.13. The molecular weight excluding hydrogens is 337 g/mol. The average Bonchev–Trinajstić information content (AvgIpc) is 2.80. The van der Waals surface area contributed by atoms with Gasteiger partial charge < -0.3 is 14.5 Å². The predicted octanol–water partition coefficient (Wildman–Crippen LogP) is 1.96. The van der Waals surface area contributed by atoms with E-state index in [0.29, 0.717) is 32.6 Å². The maximum Gasteiger partial charge on any atom is 0.416 e. The molecule has 1 aromatic rings. The van der Waals surface area contributed by atoms with Crippen LogP contribution >= 0.6 is 0 Å². The molecule has 2 rings (SSSR count). The maximum atomic E-state index is 13.0. The van der Waals surface area contributed by atoms with Gasteiger partial charge in [-0.3, -0.25) is 9.59 Å². The Hall–Kier alpha value is -2.09. The molecule has 0 N–H and O–H groups in total. The molecule has 0 radical (unpaired) electrons. The summed E-state index contributed by atoms with van der Waals surface area (Å²) in [5, 5.41) is 0. The minimum Gasteiger partial charge on any atom is -0.375 e. The van der Waals surface area contributed by atoms with Crippen molar-refractivity contribution >= 4 is 11.8 Å². The van der Waals surface area contributed by atoms with Crippen LogP contribution in [0.25, 0.3) is 0 Å². The first-order valence-electron chi connectivity index (χ1n) is 8.02. The first-order valence-corrected chi connectivity index (χ1v) is 8.02. The zero-order valence-corrected chi connectivity index (χ0v) is 14.0. The van der Waals surface area contributed by atoms with Gasteiger partial charge in [0.25, 0.3) is 0 Å². The number of rotatable bonds is 4. The van der Waals surface area contributed by atoms with Crippen molar-refractivity contribution in [1.82, 2.24) is 9.80 Å². The Kier molecular flexibility index (Phi) is 6.41. The molecule has 25 heavy (non-hydrogen) atoms. The molecule has 1 saturated heterocycles. The smallest absolute Gasteiger partial charge is 0.375 e. The summed E-state index contributed by atoms with van der Waals surface area (Å²) >= 11 is 0. The molecule has 1 aromatic carbocycles. The normalized spacial score (nSPS) is 15.8. The van der Waals surface area contributed by atoms with E-state index >= 15 is 0 Å². The molecule has 0 bridgehead atoms. The van der Waals surface area contributed by atoms with E-state index < -0.39 is 11.7 Å². The molecular formula is C17H21F3N2O3. The van der Waals surface area contributed by atoms with E-state index in [1.165, 1.54) is 30.2 Å². The van der Waals surface area contributed by atoms with Crippen molar-refractivity contribution in [3.8, 4) is 0 Å². The first kappa shape index (κ1) is 19.2. The summed E-state index contributed by atoms with van der Waals surface area (Å²) in [5.41, 5.74) is -0.813. The number of alkyl halides is 3. The number of ether oxygens (including phenoxy) is 1. The molecule has 8 heteroatoms. The summed E-state index contributed by atoms with van der Waals surface area (Å²) in [4.78, 5) is 27.4. The van der Waals surface area contributed by atoms with Gasteiger partial charge in [0.05, 0.1) is 12.0 Å². The highest BCUT2D eigenvalue weighted by Crippen LogP contribution is 2.32. The lowest BCUT2D eigenvalue weighted by molar-refractivity contribution is -0.139. The van der Waals surface area contributed by atoms with Crippen molar-refractivity contribution in [2.24, 2.45) is 0 Å². The predicted molar refractivity (Wildman–Crippen MR) is 84.8 cm³/mol. The SMILES string of the molecule is COCC(=O)N1CCCN(C(=O)Cc2ccccc2C(F)(F)F)CC1. The van der Waals surface area contributed by atoms with Crippen molar-refractivity contribution < 1.29 is 27.5 Å². The van der Waals surface area contributed by atoms with E-state index in [-0.39, 0.29) is 30.4 Å². The van der Waals surface area contributed by atoms with Gasteiger partial charge in [-0.15, -0.1) is 0 Å². The van der Waals surface area contributed by atoms with Crippen LogP contribution in [0.5, 0.6) is 0 Å². The van der Waals surface area contributed by atoms with Crippen LogP contribution in [-0.2, 0) is 26.9 Å². The number of carbonyl (C=O) groups excluding carboxylic acids is 2. The minimum absolute atomic E-state index is 0.0209. The molecule has 0 saturated carbocycles. The Morgan fingerprint density at radius 1 is 1.04 bits per heavy atom. The summed E-state index contributed by atoms with van der Waals surface area (Å²) in [6.07, 6.45) is -4.21. The Balaban J connectivity index is 2.02. The van der Waals surface area contributed by atoms with Crippen molar-refractivity contribution in [3.05, 3.63) is 35.4 Å². The van der Waals surface area contributed by atoms with E-state index in [0.717, 1.165) is 6.07 Å². The number of benzene rings is 1. The van der Waals surface area contributed by atoms with Crippen LogP contribution in [0.15, 0.2) is 24.3 Å². The van der Waals surface area contributed by atoms with Gasteiger partial charge >= 0.3 is 6.18 Å². The summed E-state index contributed by atoms with van der Waals surface area (Å²) in [6, 6.07) is 5.11. The van der Waals surface area contributed by atoms with E-state index in [2.05, 4.69) is 0 Å². The summed E-state index contributed by atoms with van der Waals surface area (Å²) in [7, 11) is 1.43. The van der Waals surface area contributed by atoms with Gasteiger partial charge in [0.15, 0.2) is 0 Å². The fourth-order valence-corrected chi connectivity index (χ4v) is 2.86. The largest absolute Gasteiger partial charge is 0.416 e. The van der Waals surface area contributed by atoms with Gasteiger partial charge in [-0.25, -0.2) is 0 Å². The quantitative estimate of drug-likeness (QED) is 0.827. The van der Waals surface area contributed by atoms with Crippen LogP contribution in [0.1, 0.15) is 17.5 Å². The molecule has 138 valence electrons. The standard InChI is InChI=1S/C17H21F3N2O3/c1-25-12-16(24)22-8-4-7-21(9-10-22)15(23)11-13-5-2-3-6-14(13)17(18,19)20/h2-3,5-6H,4,7-12H2,1H3. The minimum atomic E-state index is -4.49. The monoisotopic (exact) mass is 358 g/mol. The van der Waals surface area contributed by atoms with Crippen LogP contribution in [0.3, 0.4) is 0 Å². The third kappa shape index (κ3) is 5.19. The molecule has 2 amide bonds. The molecule has 0 aliphatic carbocycles. The number of methoxy groups -OCH3 is 1. The van der Waals surface area contributed by atoms with Gasteiger partial charge in [-0.2, -0.15) is 13.2 Å². The number of nitrogens with zero attached hydrogens (tertiary/aromatic N) is 2. The maximum absolute atomic E-state index is 13.0. The van der Waals surface area contributed by atoms with Crippen LogP contribution in [0.4, 0.5) is 13.2 Å². The molecule has 0 unspecified atom stereocenters. The highest BCUT2D eigenvalue weighted by atomic mass is 19.4. The number of amides is 2. The summed E-state index contributed by atoms with van der Waals surface area (Å²) in [6.45, 7) is 1.57. The molecule has 0 atom stereocenters. The molecule has 1 heterocycles. The average molecular weight is 358 g/mol. The topological polar surface area (TPSA) is 49.9 Å². The number of hydrogen-bond donors (Lipinski definition) is 0. The lowest BCUT2D eigenvalue weighted by atomic mass is 10.0. The Morgan fingerprint density at radius 2 is 1.64 bits per heavy atom. The zero-order chi connectivity index (χ0) is 18.4. The Labute approximate surface area is 144 Å². The number of hydrogen-bond acceptors (Lipinski definition) is 3. The molecule has 1 aliphatic heterocycles. The lowest BCUT2D eigenvalue weighted by Gasteiger charge is -2.22. The molecule has 0 spiro atoms. The number of carbonyl (C=O) groups is 2. The van der Waals surface area contributed by atoms with E-state index in [9.17, 15) is 22.8 Å². The van der Waals surface area contributed by atoms with Crippen molar-refractivity contribution in [2.45, 2.75) is 19.0 Å². The highest BCUT2D eigenvalue weighted by molar-refractivity contribution is 5.80. The molecule has 0 aromatic heterocycles. The van der Waals surface area contributed by atoms with Gasteiger partial charge in [-0.1, -0.05) is 18.2 Å². The van der Waals surface area contributed by atoms with Crippen molar-refractivity contribution in [2.75, 3.05) is 39.9 Å². The molecule has 1 aliphatic rings.